The molecule has 1 aromatic heterocycles. The quantitative estimate of drug-likeness (QED) is 0.461. The van der Waals surface area contributed by atoms with Gasteiger partial charge in [-0.25, -0.2) is 0 Å². The molecule has 0 spiro atoms. The molecule has 2 heterocycles. The van der Waals surface area contributed by atoms with Gasteiger partial charge in [-0.2, -0.15) is 0 Å². The third-order valence-corrected chi connectivity index (χ3v) is 6.18. The number of nitrogens with zero attached hydrogens (tertiary/aromatic N) is 2. The van der Waals surface area contributed by atoms with Crippen LogP contribution in [-0.4, -0.2) is 48.1 Å². The van der Waals surface area contributed by atoms with Crippen molar-refractivity contribution in [2.45, 2.75) is 38.9 Å². The van der Waals surface area contributed by atoms with Crippen LogP contribution in [0.3, 0.4) is 0 Å². The number of carbonyl (C=O) groups is 2. The van der Waals surface area contributed by atoms with Crippen LogP contribution in [0.2, 0.25) is 0 Å². The number of benzene rings is 2. The minimum Gasteiger partial charge on any atom is -0.497 e. The van der Waals surface area contributed by atoms with Gasteiger partial charge in [-0.15, -0.1) is 0 Å². The van der Waals surface area contributed by atoms with Crippen molar-refractivity contribution in [2.24, 2.45) is 0 Å². The van der Waals surface area contributed by atoms with Gasteiger partial charge in [0.1, 0.15) is 23.8 Å². The van der Waals surface area contributed by atoms with Crippen molar-refractivity contribution in [2.75, 3.05) is 20.4 Å². The van der Waals surface area contributed by atoms with Gasteiger partial charge in [0.2, 0.25) is 12.7 Å². The molecule has 0 atom stereocenters. The molecule has 2 aromatic carbocycles. The number of fused-ring (bicyclic) bond motifs is 1. The molecule has 0 radical (unpaired) electrons. The lowest BCUT2D eigenvalue weighted by molar-refractivity contribution is -0.133. The Morgan fingerprint density at radius 2 is 1.83 bits per heavy atom. The smallest absolute Gasteiger partial charge is 0.254 e. The zero-order valence-corrected chi connectivity index (χ0v) is 19.9. The van der Waals surface area contributed by atoms with Crippen LogP contribution in [0.15, 0.2) is 59.0 Å². The largest absolute Gasteiger partial charge is 0.497 e. The number of furan rings is 1. The molecule has 35 heavy (non-hydrogen) atoms. The summed E-state index contributed by atoms with van der Waals surface area (Å²) in [6.07, 6.45) is 1.78. The second-order valence-corrected chi connectivity index (χ2v) is 8.85. The Labute approximate surface area is 204 Å². The predicted molar refractivity (Wildman–Crippen MR) is 127 cm³/mol. The molecule has 0 saturated heterocycles. The summed E-state index contributed by atoms with van der Waals surface area (Å²) in [4.78, 5) is 30.3. The van der Waals surface area contributed by atoms with E-state index in [2.05, 4.69) is 0 Å². The van der Waals surface area contributed by atoms with Crippen molar-refractivity contribution in [3.63, 3.8) is 0 Å². The van der Waals surface area contributed by atoms with Gasteiger partial charge in [-0.1, -0.05) is 12.1 Å². The maximum atomic E-state index is 13.6. The number of amides is 2. The van der Waals surface area contributed by atoms with E-state index in [-0.39, 0.29) is 31.2 Å². The molecule has 8 nitrogen and oxygen atoms in total. The van der Waals surface area contributed by atoms with Gasteiger partial charge >= 0.3 is 0 Å². The van der Waals surface area contributed by atoms with Crippen molar-refractivity contribution in [1.29, 1.82) is 0 Å². The third kappa shape index (κ3) is 5.26. The lowest BCUT2D eigenvalue weighted by Crippen LogP contribution is -2.43. The van der Waals surface area contributed by atoms with Crippen LogP contribution in [0, 0.1) is 6.92 Å². The average molecular weight is 477 g/mol. The monoisotopic (exact) mass is 476 g/mol. The molecule has 0 unspecified atom stereocenters. The molecular formula is C27H28N2O6. The molecular weight excluding hydrogens is 448 g/mol. The second-order valence-electron chi connectivity index (χ2n) is 8.85. The lowest BCUT2D eigenvalue weighted by atomic mass is 10.1. The Hall–Kier alpha value is -3.94. The Kier molecular flexibility index (Phi) is 6.35. The normalized spacial score (nSPS) is 14.0. The van der Waals surface area contributed by atoms with Crippen molar-refractivity contribution < 1.29 is 28.2 Å². The maximum absolute atomic E-state index is 13.6. The van der Waals surface area contributed by atoms with Crippen molar-refractivity contribution in [3.05, 3.63) is 77.2 Å². The summed E-state index contributed by atoms with van der Waals surface area (Å²) in [5, 5.41) is 0. The first-order chi connectivity index (χ1) is 17.0. The molecule has 1 fully saturated rings. The highest BCUT2D eigenvalue weighted by Gasteiger charge is 2.35. The number of methoxy groups -OCH3 is 1. The van der Waals surface area contributed by atoms with E-state index < -0.39 is 0 Å². The first-order valence-electron chi connectivity index (χ1n) is 11.7. The van der Waals surface area contributed by atoms with Crippen LogP contribution in [0.25, 0.3) is 0 Å². The summed E-state index contributed by atoms with van der Waals surface area (Å²) >= 11 is 0. The second kappa shape index (κ2) is 9.74. The van der Waals surface area contributed by atoms with E-state index in [1.807, 2.05) is 37.3 Å². The Balaban J connectivity index is 1.36. The highest BCUT2D eigenvalue weighted by molar-refractivity contribution is 5.97. The zero-order valence-electron chi connectivity index (χ0n) is 19.9. The van der Waals surface area contributed by atoms with Crippen LogP contribution in [-0.2, 0) is 17.9 Å². The van der Waals surface area contributed by atoms with E-state index in [1.165, 1.54) is 0 Å². The van der Waals surface area contributed by atoms with Crippen molar-refractivity contribution in [1.82, 2.24) is 9.80 Å². The zero-order chi connectivity index (χ0) is 24.4. The van der Waals surface area contributed by atoms with Gasteiger partial charge < -0.3 is 28.4 Å². The van der Waals surface area contributed by atoms with Crippen LogP contribution < -0.4 is 14.2 Å². The molecule has 3 aromatic rings. The summed E-state index contributed by atoms with van der Waals surface area (Å²) in [7, 11) is 1.57. The van der Waals surface area contributed by atoms with Crippen molar-refractivity contribution in [3.8, 4) is 17.2 Å². The molecule has 2 amide bonds. The number of ether oxygens (including phenoxy) is 3. The maximum Gasteiger partial charge on any atom is 0.254 e. The molecule has 182 valence electrons. The molecule has 1 aliphatic heterocycles. The molecule has 0 N–H and O–H groups in total. The van der Waals surface area contributed by atoms with E-state index in [1.54, 1.807) is 41.2 Å². The topological polar surface area (TPSA) is 81.5 Å². The number of carbonyl (C=O) groups excluding carboxylic acids is 2. The van der Waals surface area contributed by atoms with Gasteiger partial charge in [0, 0.05) is 18.2 Å². The number of aryl methyl sites for hydroxylation is 1. The number of hydrogen-bond acceptors (Lipinski definition) is 6. The first kappa shape index (κ1) is 22.8. The van der Waals surface area contributed by atoms with Gasteiger partial charge in [0.05, 0.1) is 13.7 Å². The van der Waals surface area contributed by atoms with E-state index in [0.717, 1.165) is 24.2 Å². The average Bonchev–Trinajstić information content (AvgIpc) is 3.46. The van der Waals surface area contributed by atoms with Crippen LogP contribution in [0.4, 0.5) is 0 Å². The first-order valence-corrected chi connectivity index (χ1v) is 11.7. The molecule has 0 bridgehead atoms. The SMILES string of the molecule is COc1cccc(C(=O)N(CC(=O)N(Cc2ccc3c(c2)OCO3)Cc2ccc(C)o2)C2CC2)c1. The molecule has 8 heteroatoms. The van der Waals surface area contributed by atoms with Crippen LogP contribution in [0.1, 0.15) is 40.3 Å². The van der Waals surface area contributed by atoms with Crippen molar-refractivity contribution >= 4 is 11.8 Å². The molecule has 1 saturated carbocycles. The Morgan fingerprint density at radius 1 is 1.00 bits per heavy atom. The predicted octanol–water partition coefficient (Wildman–Crippen LogP) is 4.16. The van der Waals surface area contributed by atoms with E-state index >= 15 is 0 Å². The van der Waals surface area contributed by atoms with Gasteiger partial charge in [-0.05, 0) is 67.8 Å². The van der Waals surface area contributed by atoms with Crippen LogP contribution >= 0.6 is 0 Å². The minimum atomic E-state index is -0.170. The summed E-state index contributed by atoms with van der Waals surface area (Å²) < 4.78 is 21.9. The number of rotatable bonds is 9. The standard InChI is InChI=1S/C27H28N2O6/c1-18-6-10-23(35-18)15-28(14-19-7-11-24-25(12-19)34-17-33-24)26(30)16-29(21-8-9-21)27(31)20-4-3-5-22(13-20)32-2/h3-7,10-13,21H,8-9,14-17H2,1-2H3. The third-order valence-electron chi connectivity index (χ3n) is 6.18. The summed E-state index contributed by atoms with van der Waals surface area (Å²) in [6, 6.07) is 16.5. The molecule has 1 aliphatic carbocycles. The summed E-state index contributed by atoms with van der Waals surface area (Å²) in [5.41, 5.74) is 1.41. The fourth-order valence-corrected chi connectivity index (χ4v) is 4.17. The Morgan fingerprint density at radius 3 is 2.57 bits per heavy atom. The van der Waals surface area contributed by atoms with Gasteiger partial charge in [-0.3, -0.25) is 9.59 Å². The highest BCUT2D eigenvalue weighted by Crippen LogP contribution is 2.33. The summed E-state index contributed by atoms with van der Waals surface area (Å²) in [5.74, 6) is 3.11. The van der Waals surface area contributed by atoms with Gasteiger partial charge in [0.15, 0.2) is 11.5 Å². The lowest BCUT2D eigenvalue weighted by Gasteiger charge is -2.27. The van der Waals surface area contributed by atoms with Gasteiger partial charge in [0.25, 0.3) is 5.91 Å². The van der Waals surface area contributed by atoms with Crippen LogP contribution in [0.5, 0.6) is 17.2 Å². The molecule has 5 rings (SSSR count). The van der Waals surface area contributed by atoms with E-state index in [0.29, 0.717) is 41.7 Å². The highest BCUT2D eigenvalue weighted by atomic mass is 16.7. The van der Waals surface area contributed by atoms with E-state index in [9.17, 15) is 9.59 Å². The molecule has 2 aliphatic rings. The fourth-order valence-electron chi connectivity index (χ4n) is 4.17. The Bertz CT molecular complexity index is 1230. The van der Waals surface area contributed by atoms with E-state index in [4.69, 9.17) is 18.6 Å². The number of hydrogen-bond donors (Lipinski definition) is 0. The summed E-state index contributed by atoms with van der Waals surface area (Å²) in [6.45, 7) is 2.70. The fraction of sp³-hybridized carbons (Fsp3) is 0.333. The minimum absolute atomic E-state index is 0.00898.